The molecule has 0 aliphatic carbocycles. The molecule has 0 unspecified atom stereocenters. The maximum Gasteiger partial charge on any atom is 0.391 e. The molecule has 0 aromatic heterocycles. The van der Waals surface area contributed by atoms with E-state index in [1.54, 1.807) is 6.07 Å². The first-order valence-electron chi connectivity index (χ1n) is 6.12. The number of hydrogen-bond donors (Lipinski definition) is 1. The predicted octanol–water partition coefficient (Wildman–Crippen LogP) is 3.72. The first kappa shape index (κ1) is 14.7. The molecule has 1 N–H and O–H groups in total. The summed E-state index contributed by atoms with van der Waals surface area (Å²) in [4.78, 5) is 1.92. The number of hydrogen-bond acceptors (Lipinski definition) is 2. The summed E-state index contributed by atoms with van der Waals surface area (Å²) in [6.45, 7) is 0.631. The second kappa shape index (κ2) is 5.71. The van der Waals surface area contributed by atoms with Gasteiger partial charge in [-0.25, -0.2) is 0 Å². The number of alkyl halides is 3. The van der Waals surface area contributed by atoms with Gasteiger partial charge in [-0.15, -0.1) is 0 Å². The highest BCUT2D eigenvalue weighted by molar-refractivity contribution is 9.10. The van der Waals surface area contributed by atoms with Crippen LogP contribution in [-0.2, 0) is 6.61 Å². The van der Waals surface area contributed by atoms with Gasteiger partial charge in [-0.3, -0.25) is 0 Å². The van der Waals surface area contributed by atoms with E-state index in [0.29, 0.717) is 13.1 Å². The summed E-state index contributed by atoms with van der Waals surface area (Å²) in [7, 11) is 0. The Bertz CT molecular complexity index is 442. The van der Waals surface area contributed by atoms with Crippen molar-refractivity contribution in [2.45, 2.75) is 25.6 Å². The van der Waals surface area contributed by atoms with Gasteiger partial charge in [0.25, 0.3) is 0 Å². The van der Waals surface area contributed by atoms with Crippen molar-refractivity contribution < 1.29 is 18.3 Å². The third-order valence-electron chi connectivity index (χ3n) is 3.51. The van der Waals surface area contributed by atoms with Crippen LogP contribution >= 0.6 is 15.9 Å². The largest absolute Gasteiger partial charge is 0.392 e. The van der Waals surface area contributed by atoms with Gasteiger partial charge in [-0.1, -0.05) is 15.9 Å². The first-order chi connectivity index (χ1) is 8.91. The van der Waals surface area contributed by atoms with Crippen LogP contribution in [-0.4, -0.2) is 24.4 Å². The lowest BCUT2D eigenvalue weighted by atomic mass is 9.95. The molecule has 19 heavy (non-hydrogen) atoms. The zero-order valence-electron chi connectivity index (χ0n) is 10.3. The third kappa shape index (κ3) is 3.42. The Labute approximate surface area is 118 Å². The van der Waals surface area contributed by atoms with Gasteiger partial charge < -0.3 is 10.0 Å². The quantitative estimate of drug-likeness (QED) is 0.889. The van der Waals surface area contributed by atoms with Crippen LogP contribution in [0.3, 0.4) is 0 Å². The van der Waals surface area contributed by atoms with E-state index < -0.39 is 12.1 Å². The molecule has 1 aromatic rings. The lowest BCUT2D eigenvalue weighted by molar-refractivity contribution is -0.179. The molecular weight excluding hydrogens is 323 g/mol. The van der Waals surface area contributed by atoms with E-state index in [1.165, 1.54) is 0 Å². The fourth-order valence-corrected chi connectivity index (χ4v) is 2.85. The van der Waals surface area contributed by atoms with Crippen molar-refractivity contribution in [1.29, 1.82) is 0 Å². The number of rotatable bonds is 2. The van der Waals surface area contributed by atoms with Crippen LogP contribution in [0.5, 0.6) is 0 Å². The monoisotopic (exact) mass is 337 g/mol. The Kier molecular flexibility index (Phi) is 4.40. The summed E-state index contributed by atoms with van der Waals surface area (Å²) >= 11 is 3.32. The molecule has 0 atom stereocenters. The van der Waals surface area contributed by atoms with E-state index in [1.807, 2.05) is 17.0 Å². The molecule has 0 amide bonds. The number of aliphatic hydroxyl groups excluding tert-OH is 1. The number of piperidine rings is 1. The molecular formula is C13H15BrF3NO. The highest BCUT2D eigenvalue weighted by atomic mass is 79.9. The van der Waals surface area contributed by atoms with Crippen LogP contribution in [0.2, 0.25) is 0 Å². The zero-order chi connectivity index (χ0) is 14.0. The van der Waals surface area contributed by atoms with Gasteiger partial charge in [0.05, 0.1) is 12.5 Å². The van der Waals surface area contributed by atoms with E-state index in [9.17, 15) is 18.3 Å². The van der Waals surface area contributed by atoms with Crippen molar-refractivity contribution >= 4 is 21.6 Å². The number of nitrogens with zero attached hydrogens (tertiary/aromatic N) is 1. The molecule has 6 heteroatoms. The first-order valence-corrected chi connectivity index (χ1v) is 6.92. The second-order valence-electron chi connectivity index (χ2n) is 4.73. The number of aliphatic hydroxyl groups is 1. The Hall–Kier alpha value is -0.750. The molecule has 2 nitrogen and oxygen atoms in total. The van der Waals surface area contributed by atoms with Gasteiger partial charge in [0.15, 0.2) is 0 Å². The van der Waals surface area contributed by atoms with E-state index >= 15 is 0 Å². The highest BCUT2D eigenvalue weighted by Gasteiger charge is 2.41. The maximum atomic E-state index is 12.6. The highest BCUT2D eigenvalue weighted by Crippen LogP contribution is 2.36. The van der Waals surface area contributed by atoms with E-state index in [2.05, 4.69) is 15.9 Å². The zero-order valence-corrected chi connectivity index (χ0v) is 11.8. The molecule has 1 fully saturated rings. The van der Waals surface area contributed by atoms with Gasteiger partial charge in [0.1, 0.15) is 0 Å². The number of anilines is 1. The van der Waals surface area contributed by atoms with Gasteiger partial charge in [-0.2, -0.15) is 13.2 Å². The Morgan fingerprint density at radius 2 is 1.89 bits per heavy atom. The molecule has 106 valence electrons. The van der Waals surface area contributed by atoms with Crippen molar-refractivity contribution in [3.8, 4) is 0 Å². The minimum absolute atomic E-state index is 0.116. The van der Waals surface area contributed by atoms with E-state index in [4.69, 9.17) is 0 Å². The molecule has 0 bridgehead atoms. The lowest BCUT2D eigenvalue weighted by Crippen LogP contribution is -2.39. The molecule has 1 heterocycles. The van der Waals surface area contributed by atoms with Crippen molar-refractivity contribution in [2.75, 3.05) is 18.0 Å². The van der Waals surface area contributed by atoms with Crippen LogP contribution in [0.25, 0.3) is 0 Å². The van der Waals surface area contributed by atoms with Gasteiger partial charge in [-0.05, 0) is 31.0 Å². The standard InChI is InChI=1S/C13H15BrF3NO/c14-11-1-2-12(9(7-11)8-19)18-5-3-10(4-6-18)13(15,16)17/h1-2,7,10,19H,3-6,8H2. The molecule has 0 saturated carbocycles. The SMILES string of the molecule is OCc1cc(Br)ccc1N1CCC(C(F)(F)F)CC1. The van der Waals surface area contributed by atoms with Crippen molar-refractivity contribution in [3.63, 3.8) is 0 Å². The predicted molar refractivity (Wildman–Crippen MR) is 71.1 cm³/mol. The van der Waals surface area contributed by atoms with Gasteiger partial charge in [0.2, 0.25) is 0 Å². The van der Waals surface area contributed by atoms with Crippen LogP contribution in [0, 0.1) is 5.92 Å². The van der Waals surface area contributed by atoms with Crippen molar-refractivity contribution in [1.82, 2.24) is 0 Å². The molecule has 2 rings (SSSR count). The van der Waals surface area contributed by atoms with Crippen LogP contribution in [0.4, 0.5) is 18.9 Å². The van der Waals surface area contributed by atoms with Crippen LogP contribution < -0.4 is 4.90 Å². The minimum atomic E-state index is -4.09. The Balaban J connectivity index is 2.10. The van der Waals surface area contributed by atoms with Crippen LogP contribution in [0.15, 0.2) is 22.7 Å². The molecule has 1 aromatic carbocycles. The second-order valence-corrected chi connectivity index (χ2v) is 5.65. The topological polar surface area (TPSA) is 23.5 Å². The summed E-state index contributed by atoms with van der Waals surface area (Å²) in [6, 6.07) is 5.47. The average Bonchev–Trinajstić information content (AvgIpc) is 2.37. The normalized spacial score (nSPS) is 17.8. The Morgan fingerprint density at radius 1 is 1.26 bits per heavy atom. The molecule has 1 aliphatic heterocycles. The molecule has 1 aliphatic rings. The fourth-order valence-electron chi connectivity index (χ4n) is 2.44. The Morgan fingerprint density at radius 3 is 2.42 bits per heavy atom. The smallest absolute Gasteiger partial charge is 0.391 e. The average molecular weight is 338 g/mol. The van der Waals surface area contributed by atoms with E-state index in [-0.39, 0.29) is 19.4 Å². The lowest BCUT2D eigenvalue weighted by Gasteiger charge is -2.35. The molecule has 0 spiro atoms. The summed E-state index contributed by atoms with van der Waals surface area (Å²) in [5.74, 6) is -1.20. The number of halogens is 4. The summed E-state index contributed by atoms with van der Waals surface area (Å²) in [6.07, 6.45) is -3.86. The maximum absolute atomic E-state index is 12.6. The van der Waals surface area contributed by atoms with E-state index in [0.717, 1.165) is 15.7 Å². The minimum Gasteiger partial charge on any atom is -0.392 e. The summed E-state index contributed by atoms with van der Waals surface area (Å²) < 4.78 is 38.7. The fraction of sp³-hybridized carbons (Fsp3) is 0.538. The summed E-state index contributed by atoms with van der Waals surface area (Å²) in [5.41, 5.74) is 1.56. The van der Waals surface area contributed by atoms with Gasteiger partial charge >= 0.3 is 6.18 Å². The van der Waals surface area contributed by atoms with Crippen molar-refractivity contribution in [2.24, 2.45) is 5.92 Å². The van der Waals surface area contributed by atoms with Gasteiger partial charge in [0, 0.05) is 28.8 Å². The number of benzene rings is 1. The summed E-state index contributed by atoms with van der Waals surface area (Å²) in [5, 5.41) is 9.33. The molecule has 1 saturated heterocycles. The molecule has 0 radical (unpaired) electrons. The van der Waals surface area contributed by atoms with Crippen LogP contribution in [0.1, 0.15) is 18.4 Å². The van der Waals surface area contributed by atoms with Crippen molar-refractivity contribution in [3.05, 3.63) is 28.2 Å². The third-order valence-corrected chi connectivity index (χ3v) is 4.00.